The Balaban J connectivity index is 2.04. The van der Waals surface area contributed by atoms with Gasteiger partial charge in [0.1, 0.15) is 0 Å². The third-order valence-corrected chi connectivity index (χ3v) is 6.20. The average molecular weight is 403 g/mol. The molecule has 0 aromatic heterocycles. The van der Waals surface area contributed by atoms with Gasteiger partial charge in [0.25, 0.3) is 15.9 Å². The first-order valence-corrected chi connectivity index (χ1v) is 11.3. The third-order valence-electron chi connectivity index (χ3n) is 4.80. The summed E-state index contributed by atoms with van der Waals surface area (Å²) in [4.78, 5) is 12.7. The molecule has 0 bridgehead atoms. The SMILES string of the molecule is CCCCC(CC)CNC(=O)c1cccc(NS(=O)(=O)c2ccc(C)cc2)c1. The molecular weight excluding hydrogens is 372 g/mol. The molecule has 0 fully saturated rings. The van der Waals surface area contributed by atoms with Gasteiger partial charge in [0.15, 0.2) is 0 Å². The number of carbonyl (C=O) groups is 1. The summed E-state index contributed by atoms with van der Waals surface area (Å²) in [7, 11) is -3.69. The van der Waals surface area contributed by atoms with Gasteiger partial charge in [-0.15, -0.1) is 0 Å². The highest BCUT2D eigenvalue weighted by atomic mass is 32.2. The second-order valence-electron chi connectivity index (χ2n) is 7.13. The Labute approximate surface area is 168 Å². The molecule has 1 atom stereocenters. The number of nitrogens with one attached hydrogen (secondary N) is 2. The number of rotatable bonds is 10. The standard InChI is InChI=1S/C22H30N2O3S/c1-4-6-8-18(5-2)16-23-22(25)19-9-7-10-20(15-19)24-28(26,27)21-13-11-17(3)12-14-21/h7,9-15,18,24H,4-6,8,16H2,1-3H3,(H,23,25). The molecule has 0 spiro atoms. The zero-order chi connectivity index (χ0) is 20.6. The Morgan fingerprint density at radius 2 is 1.79 bits per heavy atom. The van der Waals surface area contributed by atoms with Crippen molar-refractivity contribution in [3.8, 4) is 0 Å². The second kappa shape index (κ2) is 10.3. The number of carbonyl (C=O) groups excluding carboxylic acids is 1. The Kier molecular flexibility index (Phi) is 8.05. The molecular formula is C22H30N2O3S. The zero-order valence-electron chi connectivity index (χ0n) is 16.9. The van der Waals surface area contributed by atoms with Gasteiger partial charge in [-0.25, -0.2) is 8.42 Å². The van der Waals surface area contributed by atoms with E-state index < -0.39 is 10.0 Å². The van der Waals surface area contributed by atoms with Gasteiger partial charge >= 0.3 is 0 Å². The van der Waals surface area contributed by atoms with E-state index in [0.29, 0.717) is 23.7 Å². The van der Waals surface area contributed by atoms with E-state index in [4.69, 9.17) is 0 Å². The lowest BCUT2D eigenvalue weighted by Gasteiger charge is -2.15. The molecule has 6 heteroatoms. The molecule has 2 aromatic rings. The monoisotopic (exact) mass is 402 g/mol. The normalized spacial score (nSPS) is 12.4. The summed E-state index contributed by atoms with van der Waals surface area (Å²) < 4.78 is 27.6. The fraction of sp³-hybridized carbons (Fsp3) is 0.409. The summed E-state index contributed by atoms with van der Waals surface area (Å²) >= 11 is 0. The van der Waals surface area contributed by atoms with Crippen LogP contribution in [0.15, 0.2) is 53.4 Å². The van der Waals surface area contributed by atoms with Crippen LogP contribution in [-0.2, 0) is 10.0 Å². The quantitative estimate of drug-likeness (QED) is 0.603. The lowest BCUT2D eigenvalue weighted by atomic mass is 9.99. The molecule has 0 saturated carbocycles. The Hall–Kier alpha value is -2.34. The maximum atomic E-state index is 12.5. The van der Waals surface area contributed by atoms with Gasteiger partial charge in [-0.1, -0.05) is 56.9 Å². The van der Waals surface area contributed by atoms with Crippen LogP contribution in [0, 0.1) is 12.8 Å². The maximum Gasteiger partial charge on any atom is 0.261 e. The highest BCUT2D eigenvalue weighted by molar-refractivity contribution is 7.92. The highest BCUT2D eigenvalue weighted by Gasteiger charge is 2.15. The van der Waals surface area contributed by atoms with Crippen molar-refractivity contribution < 1.29 is 13.2 Å². The first kappa shape index (κ1) is 22.0. The van der Waals surface area contributed by atoms with Crippen molar-refractivity contribution in [1.82, 2.24) is 5.32 Å². The predicted molar refractivity (Wildman–Crippen MR) is 114 cm³/mol. The molecule has 0 radical (unpaired) electrons. The minimum atomic E-state index is -3.69. The van der Waals surface area contributed by atoms with Crippen LogP contribution in [0.1, 0.15) is 55.5 Å². The van der Waals surface area contributed by atoms with Gasteiger partial charge in [0, 0.05) is 17.8 Å². The lowest BCUT2D eigenvalue weighted by Crippen LogP contribution is -2.29. The molecule has 2 N–H and O–H groups in total. The molecule has 152 valence electrons. The zero-order valence-corrected chi connectivity index (χ0v) is 17.7. The summed E-state index contributed by atoms with van der Waals surface area (Å²) in [6.07, 6.45) is 4.43. The number of hydrogen-bond acceptors (Lipinski definition) is 3. The van der Waals surface area contributed by atoms with Crippen molar-refractivity contribution in [3.63, 3.8) is 0 Å². The van der Waals surface area contributed by atoms with Crippen LogP contribution in [0.25, 0.3) is 0 Å². The first-order valence-electron chi connectivity index (χ1n) is 9.83. The van der Waals surface area contributed by atoms with Gasteiger partial charge in [-0.2, -0.15) is 0 Å². The molecule has 0 heterocycles. The number of sulfonamides is 1. The van der Waals surface area contributed by atoms with Crippen LogP contribution in [0.2, 0.25) is 0 Å². The van der Waals surface area contributed by atoms with E-state index in [9.17, 15) is 13.2 Å². The van der Waals surface area contributed by atoms with Crippen LogP contribution in [0.5, 0.6) is 0 Å². The third kappa shape index (κ3) is 6.37. The number of amides is 1. The van der Waals surface area contributed by atoms with Gasteiger partial charge in [-0.3, -0.25) is 9.52 Å². The van der Waals surface area contributed by atoms with Crippen molar-refractivity contribution in [1.29, 1.82) is 0 Å². The minimum Gasteiger partial charge on any atom is -0.352 e. The van der Waals surface area contributed by atoms with Crippen LogP contribution >= 0.6 is 0 Å². The highest BCUT2D eigenvalue weighted by Crippen LogP contribution is 2.18. The largest absolute Gasteiger partial charge is 0.352 e. The molecule has 0 saturated heterocycles. The molecule has 1 unspecified atom stereocenters. The van der Waals surface area contributed by atoms with E-state index in [-0.39, 0.29) is 10.8 Å². The van der Waals surface area contributed by atoms with E-state index >= 15 is 0 Å². The first-order chi connectivity index (χ1) is 13.4. The van der Waals surface area contributed by atoms with E-state index in [1.165, 1.54) is 0 Å². The van der Waals surface area contributed by atoms with Crippen molar-refractivity contribution in [2.75, 3.05) is 11.3 Å². The van der Waals surface area contributed by atoms with Crippen LogP contribution in [0.3, 0.4) is 0 Å². The van der Waals surface area contributed by atoms with Crippen molar-refractivity contribution in [2.45, 2.75) is 51.3 Å². The minimum absolute atomic E-state index is 0.189. The van der Waals surface area contributed by atoms with Gasteiger partial charge in [-0.05, 0) is 49.6 Å². The average Bonchev–Trinajstić information content (AvgIpc) is 2.68. The number of unbranched alkanes of at least 4 members (excludes halogenated alkanes) is 1. The topological polar surface area (TPSA) is 75.3 Å². The molecule has 2 rings (SSSR count). The smallest absolute Gasteiger partial charge is 0.261 e. The molecule has 0 aliphatic rings. The van der Waals surface area contributed by atoms with Gasteiger partial charge in [0.05, 0.1) is 4.90 Å². The Morgan fingerprint density at radius 3 is 2.43 bits per heavy atom. The summed E-state index contributed by atoms with van der Waals surface area (Å²) in [6.45, 7) is 6.83. The van der Waals surface area contributed by atoms with Gasteiger partial charge in [0.2, 0.25) is 0 Å². The lowest BCUT2D eigenvalue weighted by molar-refractivity contribution is 0.0946. The summed E-state index contributed by atoms with van der Waals surface area (Å²) in [5.74, 6) is 0.276. The van der Waals surface area contributed by atoms with E-state index in [0.717, 1.165) is 31.2 Å². The molecule has 0 aliphatic carbocycles. The number of aryl methyl sites for hydroxylation is 1. The fourth-order valence-corrected chi connectivity index (χ4v) is 3.99. The Morgan fingerprint density at radius 1 is 1.07 bits per heavy atom. The number of benzene rings is 2. The second-order valence-corrected chi connectivity index (χ2v) is 8.81. The van der Waals surface area contributed by atoms with Crippen LogP contribution < -0.4 is 10.0 Å². The van der Waals surface area contributed by atoms with Crippen molar-refractivity contribution in [2.24, 2.45) is 5.92 Å². The fourth-order valence-electron chi connectivity index (χ4n) is 2.94. The molecule has 1 amide bonds. The molecule has 0 aliphatic heterocycles. The number of hydrogen-bond donors (Lipinski definition) is 2. The predicted octanol–water partition coefficient (Wildman–Crippen LogP) is 4.74. The summed E-state index contributed by atoms with van der Waals surface area (Å²) in [6, 6.07) is 13.2. The molecule has 28 heavy (non-hydrogen) atoms. The molecule has 2 aromatic carbocycles. The van der Waals surface area contributed by atoms with Crippen molar-refractivity contribution >= 4 is 21.6 Å². The van der Waals surface area contributed by atoms with Crippen LogP contribution in [0.4, 0.5) is 5.69 Å². The van der Waals surface area contributed by atoms with E-state index in [1.54, 1.807) is 48.5 Å². The Bertz CT molecular complexity index is 877. The van der Waals surface area contributed by atoms with Gasteiger partial charge < -0.3 is 5.32 Å². The molecule has 5 nitrogen and oxygen atoms in total. The van der Waals surface area contributed by atoms with Crippen LogP contribution in [-0.4, -0.2) is 20.9 Å². The summed E-state index contributed by atoms with van der Waals surface area (Å²) in [5, 5.41) is 2.97. The van der Waals surface area contributed by atoms with E-state index in [2.05, 4.69) is 23.9 Å². The van der Waals surface area contributed by atoms with Crippen molar-refractivity contribution in [3.05, 3.63) is 59.7 Å². The summed E-state index contributed by atoms with van der Waals surface area (Å²) in [5.41, 5.74) is 1.79. The maximum absolute atomic E-state index is 12.5. The van der Waals surface area contributed by atoms with E-state index in [1.807, 2.05) is 6.92 Å². The number of anilines is 1.